The van der Waals surface area contributed by atoms with Crippen molar-refractivity contribution in [3.63, 3.8) is 0 Å². The van der Waals surface area contributed by atoms with Crippen LogP contribution < -0.4 is 16.2 Å². The van der Waals surface area contributed by atoms with Crippen LogP contribution in [0.5, 0.6) is 0 Å². The van der Waals surface area contributed by atoms with Crippen molar-refractivity contribution in [3.05, 3.63) is 80.1 Å². The van der Waals surface area contributed by atoms with Crippen LogP contribution in [-0.2, 0) is 4.79 Å². The molecule has 2 aromatic heterocycles. The standard InChI is InChI=1S/C25H24ClFN4O3S/c26-22-9-8-21(35-22)25(34)29-20-13-30(12-17(20)15-4-5-15)14-23(32)28-19-7-6-16(11-18(19)27)31-10-2-1-3-24(31)33/h1-3,6-11,15,17,20H,4-5,12-14H2,(H,28,32)(H,29,34). The lowest BCUT2D eigenvalue weighted by Crippen LogP contribution is -2.41. The van der Waals surface area contributed by atoms with Crippen LogP contribution in [0.1, 0.15) is 22.5 Å². The predicted octanol–water partition coefficient (Wildman–Crippen LogP) is 3.77. The molecule has 2 amide bonds. The van der Waals surface area contributed by atoms with E-state index >= 15 is 0 Å². The molecule has 3 aromatic rings. The van der Waals surface area contributed by atoms with Gasteiger partial charge < -0.3 is 10.6 Å². The van der Waals surface area contributed by atoms with Crippen molar-refractivity contribution in [3.8, 4) is 5.69 Å². The maximum Gasteiger partial charge on any atom is 0.261 e. The summed E-state index contributed by atoms with van der Waals surface area (Å²) >= 11 is 7.20. The number of hydrogen-bond donors (Lipinski definition) is 2. The molecule has 2 atom stereocenters. The van der Waals surface area contributed by atoms with Gasteiger partial charge in [-0.25, -0.2) is 4.39 Å². The monoisotopic (exact) mass is 514 g/mol. The summed E-state index contributed by atoms with van der Waals surface area (Å²) in [6.07, 6.45) is 3.81. The highest BCUT2D eigenvalue weighted by atomic mass is 35.5. The van der Waals surface area contributed by atoms with Crippen molar-refractivity contribution in [2.75, 3.05) is 25.0 Å². The van der Waals surface area contributed by atoms with E-state index in [9.17, 15) is 18.8 Å². The number of carbonyl (C=O) groups is 2. The minimum Gasteiger partial charge on any atom is -0.347 e. The smallest absolute Gasteiger partial charge is 0.261 e. The normalized spacial score (nSPS) is 20.1. The number of amides is 2. The summed E-state index contributed by atoms with van der Waals surface area (Å²) in [5.41, 5.74) is 0.162. The number of pyridine rings is 1. The third-order valence-corrected chi connectivity index (χ3v) is 7.71. The molecule has 2 unspecified atom stereocenters. The highest BCUT2D eigenvalue weighted by Gasteiger charge is 2.43. The molecule has 0 radical (unpaired) electrons. The Morgan fingerprint density at radius 1 is 1.11 bits per heavy atom. The molecule has 2 N–H and O–H groups in total. The topological polar surface area (TPSA) is 83.4 Å². The number of anilines is 1. The van der Waals surface area contributed by atoms with E-state index in [0.717, 1.165) is 12.8 Å². The van der Waals surface area contributed by atoms with Gasteiger partial charge in [0.2, 0.25) is 5.91 Å². The van der Waals surface area contributed by atoms with Crippen molar-refractivity contribution in [1.29, 1.82) is 0 Å². The van der Waals surface area contributed by atoms with Gasteiger partial charge in [0.15, 0.2) is 0 Å². The zero-order valence-electron chi connectivity index (χ0n) is 18.7. The number of halogens is 2. The maximum atomic E-state index is 14.7. The van der Waals surface area contributed by atoms with E-state index in [2.05, 4.69) is 10.6 Å². The van der Waals surface area contributed by atoms with E-state index in [4.69, 9.17) is 11.6 Å². The Morgan fingerprint density at radius 3 is 2.63 bits per heavy atom. The summed E-state index contributed by atoms with van der Waals surface area (Å²) in [6.45, 7) is 1.35. The second-order valence-electron chi connectivity index (χ2n) is 9.00. The third kappa shape index (κ3) is 5.47. The van der Waals surface area contributed by atoms with Gasteiger partial charge in [0.25, 0.3) is 11.5 Å². The van der Waals surface area contributed by atoms with Crippen molar-refractivity contribution in [2.45, 2.75) is 18.9 Å². The lowest BCUT2D eigenvalue weighted by atomic mass is 9.98. The first kappa shape index (κ1) is 23.7. The Labute approximate surface area is 210 Å². The number of likely N-dealkylation sites (tertiary alicyclic amines) is 1. The molecule has 2 fully saturated rings. The minimum absolute atomic E-state index is 0.0520. The summed E-state index contributed by atoms with van der Waals surface area (Å²) in [6, 6.07) is 12.3. The largest absolute Gasteiger partial charge is 0.347 e. The van der Waals surface area contributed by atoms with Crippen LogP contribution in [-0.4, -0.2) is 47.0 Å². The van der Waals surface area contributed by atoms with Crippen LogP contribution in [0.15, 0.2) is 59.5 Å². The summed E-state index contributed by atoms with van der Waals surface area (Å²) in [5, 5.41) is 5.75. The SMILES string of the molecule is O=C(CN1CC(NC(=O)c2ccc(Cl)s2)C(C2CC2)C1)Nc1ccc(-n2ccccc2=O)cc1F. The molecule has 1 aromatic carbocycles. The summed E-state index contributed by atoms with van der Waals surface area (Å²) < 4.78 is 16.6. The zero-order chi connectivity index (χ0) is 24.5. The van der Waals surface area contributed by atoms with Crippen LogP contribution >= 0.6 is 22.9 Å². The van der Waals surface area contributed by atoms with Gasteiger partial charge in [-0.3, -0.25) is 23.9 Å². The first-order valence-electron chi connectivity index (χ1n) is 11.4. The maximum absolute atomic E-state index is 14.7. The molecule has 1 saturated carbocycles. The van der Waals surface area contributed by atoms with Crippen LogP contribution in [0.2, 0.25) is 4.34 Å². The van der Waals surface area contributed by atoms with E-state index < -0.39 is 5.82 Å². The van der Waals surface area contributed by atoms with Crippen LogP contribution in [0.3, 0.4) is 0 Å². The summed E-state index contributed by atoms with van der Waals surface area (Å²) in [4.78, 5) is 39.9. The Bertz CT molecular complexity index is 1320. The van der Waals surface area contributed by atoms with E-state index in [1.807, 2.05) is 4.90 Å². The number of rotatable bonds is 7. The van der Waals surface area contributed by atoms with Crippen LogP contribution in [0.4, 0.5) is 10.1 Å². The molecule has 3 heterocycles. The fraction of sp³-hybridized carbons (Fsp3) is 0.320. The van der Waals surface area contributed by atoms with E-state index in [-0.39, 0.29) is 41.6 Å². The number of aromatic nitrogens is 1. The summed E-state index contributed by atoms with van der Waals surface area (Å²) in [7, 11) is 0. The average molecular weight is 515 g/mol. The number of benzene rings is 1. The van der Waals surface area contributed by atoms with Crippen LogP contribution in [0.25, 0.3) is 5.69 Å². The highest BCUT2D eigenvalue weighted by Crippen LogP contribution is 2.41. The highest BCUT2D eigenvalue weighted by molar-refractivity contribution is 7.18. The molecule has 1 saturated heterocycles. The lowest BCUT2D eigenvalue weighted by molar-refractivity contribution is -0.117. The van der Waals surface area contributed by atoms with Gasteiger partial charge in [0.1, 0.15) is 5.82 Å². The van der Waals surface area contributed by atoms with Crippen molar-refractivity contribution < 1.29 is 14.0 Å². The first-order chi connectivity index (χ1) is 16.9. The molecular weight excluding hydrogens is 491 g/mol. The minimum atomic E-state index is -0.622. The summed E-state index contributed by atoms with van der Waals surface area (Å²) in [5.74, 6) is -0.277. The van der Waals surface area contributed by atoms with Crippen molar-refractivity contribution in [2.24, 2.45) is 11.8 Å². The molecule has 0 bridgehead atoms. The van der Waals surface area contributed by atoms with Gasteiger partial charge in [-0.15, -0.1) is 11.3 Å². The zero-order valence-corrected chi connectivity index (χ0v) is 20.3. The molecule has 35 heavy (non-hydrogen) atoms. The fourth-order valence-electron chi connectivity index (χ4n) is 4.66. The molecule has 0 spiro atoms. The van der Waals surface area contributed by atoms with Gasteiger partial charge in [-0.05, 0) is 55.0 Å². The average Bonchev–Trinajstić information content (AvgIpc) is 3.46. The van der Waals surface area contributed by atoms with Crippen molar-refractivity contribution >= 4 is 40.4 Å². The Morgan fingerprint density at radius 2 is 1.94 bits per heavy atom. The van der Waals surface area contributed by atoms with Crippen LogP contribution in [0, 0.1) is 17.7 Å². The van der Waals surface area contributed by atoms with Gasteiger partial charge in [-0.1, -0.05) is 17.7 Å². The molecule has 10 heteroatoms. The van der Waals surface area contributed by atoms with Gasteiger partial charge in [-0.2, -0.15) is 0 Å². The number of thiophene rings is 1. The quantitative estimate of drug-likeness (QED) is 0.503. The third-order valence-electron chi connectivity index (χ3n) is 6.48. The van der Waals surface area contributed by atoms with E-state index in [0.29, 0.717) is 33.9 Å². The molecule has 7 nitrogen and oxygen atoms in total. The van der Waals surface area contributed by atoms with Crippen molar-refractivity contribution in [1.82, 2.24) is 14.8 Å². The number of nitrogens with one attached hydrogen (secondary N) is 2. The van der Waals surface area contributed by atoms with E-state index in [1.54, 1.807) is 36.5 Å². The Hall–Kier alpha value is -3.01. The number of carbonyl (C=O) groups excluding carboxylic acids is 2. The van der Waals surface area contributed by atoms with Gasteiger partial charge in [0.05, 0.1) is 27.1 Å². The predicted molar refractivity (Wildman–Crippen MR) is 134 cm³/mol. The van der Waals surface area contributed by atoms with Gasteiger partial charge in [0, 0.05) is 37.5 Å². The molecule has 1 aliphatic carbocycles. The molecule has 1 aliphatic heterocycles. The second-order valence-corrected chi connectivity index (χ2v) is 10.7. The molecule has 5 rings (SSSR count). The fourth-order valence-corrected chi connectivity index (χ4v) is 5.61. The Balaban J connectivity index is 1.21. The lowest BCUT2D eigenvalue weighted by Gasteiger charge is -2.19. The molecular formula is C25H24ClFN4O3S. The molecule has 2 aliphatic rings. The number of hydrogen-bond acceptors (Lipinski definition) is 5. The molecule has 182 valence electrons. The van der Waals surface area contributed by atoms with Gasteiger partial charge >= 0.3 is 0 Å². The second kappa shape index (κ2) is 9.93. The number of nitrogens with zero attached hydrogens (tertiary/aromatic N) is 2. The van der Waals surface area contributed by atoms with E-state index in [1.165, 1.54) is 34.1 Å². The first-order valence-corrected chi connectivity index (χ1v) is 12.6. The Kier molecular flexibility index (Phi) is 6.73.